The third-order valence-electron chi connectivity index (χ3n) is 4.57. The van der Waals surface area contributed by atoms with E-state index >= 15 is 0 Å². The van der Waals surface area contributed by atoms with Crippen LogP contribution in [0.5, 0.6) is 6.01 Å². The van der Waals surface area contributed by atoms with Gasteiger partial charge in [0.05, 0.1) is 31.7 Å². The quantitative estimate of drug-likeness (QED) is 0.622. The van der Waals surface area contributed by atoms with Crippen LogP contribution in [0, 0.1) is 11.8 Å². The molecule has 0 saturated carbocycles. The Labute approximate surface area is 161 Å². The van der Waals surface area contributed by atoms with E-state index < -0.39 is 0 Å². The number of nitrogens with one attached hydrogen (secondary N) is 1. The molecule has 1 N–H and O–H groups in total. The maximum atomic E-state index is 13.3. The molecule has 0 aliphatic carbocycles. The number of hydrogen-bond donors (Lipinski definition) is 1. The topological polar surface area (TPSA) is 103 Å². The summed E-state index contributed by atoms with van der Waals surface area (Å²) in [6, 6.07) is 0.230. The number of nitrogens with zero attached hydrogens (tertiary/aromatic N) is 7. The number of methoxy groups -OCH3 is 1. The SMILES string of the molecule is CC#CCn1c(=O)n(-c2cnc(OC)nc2)c2ncnc(N3CCNCC3)c21. The van der Waals surface area contributed by atoms with Gasteiger partial charge in [0.25, 0.3) is 0 Å². The summed E-state index contributed by atoms with van der Waals surface area (Å²) < 4.78 is 8.10. The highest BCUT2D eigenvalue weighted by atomic mass is 16.5. The van der Waals surface area contributed by atoms with Crippen LogP contribution in [0.4, 0.5) is 5.82 Å². The van der Waals surface area contributed by atoms with Crippen molar-refractivity contribution in [3.63, 3.8) is 0 Å². The summed E-state index contributed by atoms with van der Waals surface area (Å²) in [7, 11) is 1.49. The molecule has 0 aromatic carbocycles. The van der Waals surface area contributed by atoms with Gasteiger partial charge < -0.3 is 15.0 Å². The lowest BCUT2D eigenvalue weighted by atomic mass is 10.3. The van der Waals surface area contributed by atoms with Crippen LogP contribution in [0.2, 0.25) is 0 Å². The molecule has 3 aromatic rings. The second kappa shape index (κ2) is 7.66. The minimum absolute atomic E-state index is 0.230. The van der Waals surface area contributed by atoms with Crippen LogP contribution in [0.25, 0.3) is 16.9 Å². The molecule has 0 spiro atoms. The van der Waals surface area contributed by atoms with Crippen LogP contribution in [0.3, 0.4) is 0 Å². The molecular formula is C18H20N8O2. The van der Waals surface area contributed by atoms with E-state index in [-0.39, 0.29) is 18.2 Å². The minimum Gasteiger partial charge on any atom is -0.467 e. The summed E-state index contributed by atoms with van der Waals surface area (Å²) in [5, 5.41) is 3.33. The van der Waals surface area contributed by atoms with Crippen molar-refractivity contribution in [1.82, 2.24) is 34.4 Å². The maximum absolute atomic E-state index is 13.3. The molecule has 0 amide bonds. The Bertz CT molecular complexity index is 1100. The van der Waals surface area contributed by atoms with Gasteiger partial charge in [0, 0.05) is 26.2 Å². The average Bonchev–Trinajstić information content (AvgIpc) is 3.04. The summed E-state index contributed by atoms with van der Waals surface area (Å²) >= 11 is 0. The predicted molar refractivity (Wildman–Crippen MR) is 104 cm³/mol. The van der Waals surface area contributed by atoms with Gasteiger partial charge >= 0.3 is 11.7 Å². The van der Waals surface area contributed by atoms with Gasteiger partial charge in [-0.1, -0.05) is 5.92 Å². The smallest absolute Gasteiger partial charge is 0.336 e. The normalized spacial score (nSPS) is 14.0. The Morgan fingerprint density at radius 3 is 2.61 bits per heavy atom. The number of fused-ring (bicyclic) bond motifs is 1. The van der Waals surface area contributed by atoms with Crippen LogP contribution in [-0.2, 0) is 6.54 Å². The largest absolute Gasteiger partial charge is 0.467 e. The molecule has 0 unspecified atom stereocenters. The fourth-order valence-electron chi connectivity index (χ4n) is 3.25. The molecule has 10 nitrogen and oxygen atoms in total. The van der Waals surface area contributed by atoms with E-state index in [0.29, 0.717) is 16.9 Å². The van der Waals surface area contributed by atoms with Crippen molar-refractivity contribution in [2.24, 2.45) is 0 Å². The van der Waals surface area contributed by atoms with Crippen LogP contribution < -0.4 is 20.6 Å². The zero-order valence-corrected chi connectivity index (χ0v) is 15.7. The number of imidazole rings is 1. The Kier molecular flexibility index (Phi) is 4.90. The first-order valence-corrected chi connectivity index (χ1v) is 8.92. The molecule has 0 atom stereocenters. The summed E-state index contributed by atoms with van der Waals surface area (Å²) in [6.07, 6.45) is 4.56. The Hall–Kier alpha value is -3.45. The first-order valence-electron chi connectivity index (χ1n) is 8.92. The van der Waals surface area contributed by atoms with Gasteiger partial charge in [-0.15, -0.1) is 5.92 Å². The van der Waals surface area contributed by atoms with Crippen LogP contribution >= 0.6 is 0 Å². The number of rotatable bonds is 4. The van der Waals surface area contributed by atoms with Gasteiger partial charge in [0.15, 0.2) is 11.5 Å². The fourth-order valence-corrected chi connectivity index (χ4v) is 3.25. The maximum Gasteiger partial charge on any atom is 0.336 e. The van der Waals surface area contributed by atoms with Gasteiger partial charge in [0.2, 0.25) is 0 Å². The second-order valence-electron chi connectivity index (χ2n) is 6.17. The zero-order valence-electron chi connectivity index (χ0n) is 15.7. The molecule has 4 rings (SSSR count). The Morgan fingerprint density at radius 2 is 1.93 bits per heavy atom. The van der Waals surface area contributed by atoms with Crippen molar-refractivity contribution in [2.75, 3.05) is 38.2 Å². The molecule has 0 bridgehead atoms. The Balaban J connectivity index is 1.96. The molecule has 1 aliphatic rings. The van der Waals surface area contributed by atoms with Gasteiger partial charge in [-0.3, -0.25) is 4.57 Å². The zero-order chi connectivity index (χ0) is 19.5. The van der Waals surface area contributed by atoms with E-state index in [1.54, 1.807) is 11.5 Å². The van der Waals surface area contributed by atoms with Crippen molar-refractivity contribution >= 4 is 17.0 Å². The number of ether oxygens (including phenoxy) is 1. The van der Waals surface area contributed by atoms with Gasteiger partial charge in [-0.25, -0.2) is 29.3 Å². The van der Waals surface area contributed by atoms with Crippen molar-refractivity contribution < 1.29 is 4.74 Å². The van der Waals surface area contributed by atoms with E-state index in [0.717, 1.165) is 32.0 Å². The minimum atomic E-state index is -0.261. The number of aromatic nitrogens is 6. The number of hydrogen-bond acceptors (Lipinski definition) is 8. The van der Waals surface area contributed by atoms with Crippen LogP contribution in [0.1, 0.15) is 6.92 Å². The molecule has 10 heteroatoms. The Morgan fingerprint density at radius 1 is 1.18 bits per heavy atom. The highest BCUT2D eigenvalue weighted by Gasteiger charge is 2.23. The van der Waals surface area contributed by atoms with Crippen molar-refractivity contribution in [3.8, 4) is 23.5 Å². The van der Waals surface area contributed by atoms with Crippen LogP contribution in [0.15, 0.2) is 23.5 Å². The van der Waals surface area contributed by atoms with E-state index in [1.807, 2.05) is 0 Å². The summed E-state index contributed by atoms with van der Waals surface area (Å²) in [6.45, 7) is 5.32. The van der Waals surface area contributed by atoms with E-state index in [1.165, 1.54) is 30.4 Å². The predicted octanol–water partition coefficient (Wildman–Crippen LogP) is -0.186. The van der Waals surface area contributed by atoms with E-state index in [4.69, 9.17) is 4.74 Å². The lowest BCUT2D eigenvalue weighted by Crippen LogP contribution is -2.44. The lowest BCUT2D eigenvalue weighted by molar-refractivity contribution is 0.379. The van der Waals surface area contributed by atoms with Crippen molar-refractivity contribution in [3.05, 3.63) is 29.2 Å². The molecule has 1 fully saturated rings. The molecular weight excluding hydrogens is 360 g/mol. The first kappa shape index (κ1) is 17.9. The second-order valence-corrected chi connectivity index (χ2v) is 6.17. The molecule has 3 aromatic heterocycles. The van der Waals surface area contributed by atoms with Crippen molar-refractivity contribution in [2.45, 2.75) is 13.5 Å². The molecule has 0 radical (unpaired) electrons. The van der Waals surface area contributed by atoms with E-state index in [2.05, 4.69) is 42.0 Å². The molecule has 4 heterocycles. The molecule has 1 saturated heterocycles. The third kappa shape index (κ3) is 3.05. The first-order chi connectivity index (χ1) is 13.7. The standard InChI is InChI=1S/C18H20N8O2/c1-3-4-7-25-14-15(24-8-5-19-6-9-24)22-12-23-16(14)26(18(25)27)13-10-20-17(28-2)21-11-13/h10-12,19H,5-9H2,1-2H3. The van der Waals surface area contributed by atoms with Crippen LogP contribution in [-0.4, -0.2) is 62.4 Å². The fraction of sp³-hybridized carbons (Fsp3) is 0.389. The van der Waals surface area contributed by atoms with Gasteiger partial charge in [0.1, 0.15) is 11.8 Å². The number of piperazine rings is 1. The molecule has 28 heavy (non-hydrogen) atoms. The van der Waals surface area contributed by atoms with Gasteiger partial charge in [-0.05, 0) is 6.92 Å². The number of anilines is 1. The summed E-state index contributed by atoms with van der Waals surface area (Å²) in [5.41, 5.74) is 1.40. The third-order valence-corrected chi connectivity index (χ3v) is 4.57. The van der Waals surface area contributed by atoms with E-state index in [9.17, 15) is 4.79 Å². The summed E-state index contributed by atoms with van der Waals surface area (Å²) in [5.74, 6) is 6.55. The molecule has 1 aliphatic heterocycles. The van der Waals surface area contributed by atoms with Gasteiger partial charge in [-0.2, -0.15) is 0 Å². The molecule has 144 valence electrons. The highest BCUT2D eigenvalue weighted by molar-refractivity contribution is 5.85. The highest BCUT2D eigenvalue weighted by Crippen LogP contribution is 2.24. The average molecular weight is 380 g/mol. The lowest BCUT2D eigenvalue weighted by Gasteiger charge is -2.28. The van der Waals surface area contributed by atoms with Crippen molar-refractivity contribution in [1.29, 1.82) is 0 Å². The monoisotopic (exact) mass is 380 g/mol. The summed E-state index contributed by atoms with van der Waals surface area (Å²) in [4.78, 5) is 32.5.